The van der Waals surface area contributed by atoms with Crippen LogP contribution in [0.15, 0.2) is 11.4 Å². The lowest BCUT2D eigenvalue weighted by Crippen LogP contribution is -2.42. The third-order valence-corrected chi connectivity index (χ3v) is 6.63. The van der Waals surface area contributed by atoms with E-state index >= 15 is 0 Å². The zero-order chi connectivity index (χ0) is 17.9. The van der Waals surface area contributed by atoms with Crippen molar-refractivity contribution in [2.45, 2.75) is 25.7 Å². The summed E-state index contributed by atoms with van der Waals surface area (Å²) in [4.78, 5) is 32.9. The standard InChI is InChI=1S/C17H20N4O3S2/c22-15(9-12-10-25-17(18-12)21-4-6-24-7-5-21)19-20-16(23)14-8-11-2-1-3-13(11)26-14/h8,10H,1-7,9H2,(H,19,22)(H,20,23). The molecular formula is C17H20N4O3S2. The van der Waals surface area contributed by atoms with Gasteiger partial charge in [0.05, 0.1) is 30.2 Å². The molecule has 2 aromatic heterocycles. The second-order valence-electron chi connectivity index (χ2n) is 6.31. The first-order valence-electron chi connectivity index (χ1n) is 8.67. The van der Waals surface area contributed by atoms with Crippen LogP contribution in [0.2, 0.25) is 0 Å². The van der Waals surface area contributed by atoms with Gasteiger partial charge in [-0.2, -0.15) is 0 Å². The number of thiophene rings is 1. The predicted octanol–water partition coefficient (Wildman–Crippen LogP) is 1.53. The highest BCUT2D eigenvalue weighted by Gasteiger charge is 2.19. The quantitative estimate of drug-likeness (QED) is 0.771. The Morgan fingerprint density at radius 1 is 1.23 bits per heavy atom. The summed E-state index contributed by atoms with van der Waals surface area (Å²) in [6.45, 7) is 3.04. The third-order valence-electron chi connectivity index (χ3n) is 4.45. The molecule has 1 aliphatic heterocycles. The number of hydrogen-bond acceptors (Lipinski definition) is 7. The fraction of sp³-hybridized carbons (Fsp3) is 0.471. The number of fused-ring (bicyclic) bond motifs is 1. The number of carbonyl (C=O) groups excluding carboxylic acids is 2. The van der Waals surface area contributed by atoms with Gasteiger partial charge in [-0.3, -0.25) is 20.4 Å². The summed E-state index contributed by atoms with van der Waals surface area (Å²) in [5.41, 5.74) is 6.96. The topological polar surface area (TPSA) is 83.6 Å². The fourth-order valence-electron chi connectivity index (χ4n) is 3.12. The molecule has 3 heterocycles. The lowest BCUT2D eigenvalue weighted by molar-refractivity contribution is -0.121. The zero-order valence-corrected chi connectivity index (χ0v) is 15.9. The van der Waals surface area contributed by atoms with Crippen LogP contribution in [-0.4, -0.2) is 43.1 Å². The Kier molecular flexibility index (Phi) is 5.18. The molecule has 0 atom stereocenters. The van der Waals surface area contributed by atoms with E-state index in [1.165, 1.54) is 39.5 Å². The first-order valence-corrected chi connectivity index (χ1v) is 10.4. The van der Waals surface area contributed by atoms with E-state index in [1.54, 1.807) is 0 Å². The summed E-state index contributed by atoms with van der Waals surface area (Å²) in [7, 11) is 0. The number of anilines is 1. The number of ether oxygens (including phenoxy) is 1. The Morgan fingerprint density at radius 3 is 2.88 bits per heavy atom. The molecule has 0 bridgehead atoms. The summed E-state index contributed by atoms with van der Waals surface area (Å²) in [6, 6.07) is 1.93. The van der Waals surface area contributed by atoms with E-state index in [-0.39, 0.29) is 18.2 Å². The molecule has 1 aliphatic carbocycles. The van der Waals surface area contributed by atoms with Crippen LogP contribution in [0, 0.1) is 0 Å². The number of morpholine rings is 1. The summed E-state index contributed by atoms with van der Waals surface area (Å²) >= 11 is 3.04. The summed E-state index contributed by atoms with van der Waals surface area (Å²) in [6.07, 6.45) is 3.40. The van der Waals surface area contributed by atoms with E-state index in [9.17, 15) is 9.59 Å². The molecule has 1 saturated heterocycles. The van der Waals surface area contributed by atoms with Crippen molar-refractivity contribution < 1.29 is 14.3 Å². The number of thiazole rings is 1. The second-order valence-corrected chi connectivity index (χ2v) is 8.29. The Balaban J connectivity index is 1.27. The Hall–Kier alpha value is -1.97. The highest BCUT2D eigenvalue weighted by Crippen LogP contribution is 2.30. The van der Waals surface area contributed by atoms with Gasteiger partial charge in [-0.1, -0.05) is 0 Å². The number of hydrogen-bond donors (Lipinski definition) is 2. The normalized spacial score (nSPS) is 16.4. The largest absolute Gasteiger partial charge is 0.378 e. The number of amides is 2. The van der Waals surface area contributed by atoms with Crippen molar-refractivity contribution in [1.82, 2.24) is 15.8 Å². The van der Waals surface area contributed by atoms with Crippen LogP contribution < -0.4 is 15.8 Å². The van der Waals surface area contributed by atoms with Crippen molar-refractivity contribution >= 4 is 39.6 Å². The number of aryl methyl sites for hydroxylation is 2. The van der Waals surface area contributed by atoms with Gasteiger partial charge in [0.15, 0.2) is 5.13 Å². The maximum Gasteiger partial charge on any atom is 0.279 e. The van der Waals surface area contributed by atoms with Crippen LogP contribution >= 0.6 is 22.7 Å². The maximum absolute atomic E-state index is 12.2. The van der Waals surface area contributed by atoms with Crippen molar-refractivity contribution in [1.29, 1.82) is 0 Å². The van der Waals surface area contributed by atoms with E-state index in [4.69, 9.17) is 4.74 Å². The molecule has 0 radical (unpaired) electrons. The number of hydrazine groups is 1. The molecule has 1 fully saturated rings. The van der Waals surface area contributed by atoms with Gasteiger partial charge in [-0.25, -0.2) is 4.98 Å². The van der Waals surface area contributed by atoms with Crippen LogP contribution in [0.4, 0.5) is 5.13 Å². The SMILES string of the molecule is O=C(Cc1csc(N2CCOCC2)n1)NNC(=O)c1cc2c(s1)CCC2. The van der Waals surface area contributed by atoms with E-state index in [0.29, 0.717) is 23.8 Å². The Morgan fingerprint density at radius 2 is 2.08 bits per heavy atom. The van der Waals surface area contributed by atoms with Gasteiger partial charge in [0.1, 0.15) is 0 Å². The van der Waals surface area contributed by atoms with Gasteiger partial charge in [0, 0.05) is 23.3 Å². The third kappa shape index (κ3) is 3.89. The van der Waals surface area contributed by atoms with Crippen molar-refractivity contribution in [3.05, 3.63) is 32.5 Å². The molecule has 2 aliphatic rings. The van der Waals surface area contributed by atoms with E-state index in [2.05, 4.69) is 20.7 Å². The summed E-state index contributed by atoms with van der Waals surface area (Å²) in [5, 5.41) is 2.80. The van der Waals surface area contributed by atoms with Crippen molar-refractivity contribution in [2.24, 2.45) is 0 Å². The smallest absolute Gasteiger partial charge is 0.279 e. The number of rotatable bonds is 4. The molecule has 7 nitrogen and oxygen atoms in total. The Bertz CT molecular complexity index is 789. The molecule has 2 aromatic rings. The minimum Gasteiger partial charge on any atom is -0.378 e. The molecule has 2 N–H and O–H groups in total. The summed E-state index contributed by atoms with van der Waals surface area (Å²) in [5.74, 6) is -0.536. The molecule has 0 unspecified atom stereocenters. The molecule has 2 amide bonds. The maximum atomic E-state index is 12.2. The highest BCUT2D eigenvalue weighted by molar-refractivity contribution is 7.14. The predicted molar refractivity (Wildman–Crippen MR) is 101 cm³/mol. The number of carbonyl (C=O) groups is 2. The van der Waals surface area contributed by atoms with Gasteiger partial charge in [0.2, 0.25) is 5.91 Å². The van der Waals surface area contributed by atoms with Crippen LogP contribution in [0.25, 0.3) is 0 Å². The first kappa shape index (κ1) is 17.4. The fourth-order valence-corrected chi connectivity index (χ4v) is 5.14. The number of aromatic nitrogens is 1. The minimum atomic E-state index is -0.277. The second kappa shape index (κ2) is 7.73. The average Bonchev–Trinajstić information content (AvgIpc) is 3.36. The zero-order valence-electron chi connectivity index (χ0n) is 14.2. The number of nitrogens with zero attached hydrogens (tertiary/aromatic N) is 2. The van der Waals surface area contributed by atoms with Crippen molar-refractivity contribution in [3.8, 4) is 0 Å². The number of nitrogens with one attached hydrogen (secondary N) is 2. The van der Waals surface area contributed by atoms with Gasteiger partial charge in [-0.05, 0) is 30.9 Å². The van der Waals surface area contributed by atoms with Crippen LogP contribution in [-0.2, 0) is 28.8 Å². The van der Waals surface area contributed by atoms with Crippen LogP contribution in [0.1, 0.15) is 32.2 Å². The molecule has 0 saturated carbocycles. The lowest BCUT2D eigenvalue weighted by atomic mass is 10.2. The molecule has 138 valence electrons. The Labute approximate surface area is 159 Å². The molecule has 0 aromatic carbocycles. The van der Waals surface area contributed by atoms with E-state index in [1.807, 2.05) is 11.4 Å². The minimum absolute atomic E-state index is 0.141. The molecular weight excluding hydrogens is 372 g/mol. The van der Waals surface area contributed by atoms with Crippen LogP contribution in [0.3, 0.4) is 0 Å². The van der Waals surface area contributed by atoms with Crippen LogP contribution in [0.5, 0.6) is 0 Å². The molecule has 9 heteroatoms. The average molecular weight is 393 g/mol. The van der Waals surface area contributed by atoms with Gasteiger partial charge in [-0.15, -0.1) is 22.7 Å². The summed E-state index contributed by atoms with van der Waals surface area (Å²) < 4.78 is 5.33. The molecule has 4 rings (SSSR count). The van der Waals surface area contributed by atoms with E-state index < -0.39 is 0 Å². The monoisotopic (exact) mass is 392 g/mol. The highest BCUT2D eigenvalue weighted by atomic mass is 32.1. The van der Waals surface area contributed by atoms with E-state index in [0.717, 1.165) is 31.1 Å². The van der Waals surface area contributed by atoms with Crippen molar-refractivity contribution in [3.63, 3.8) is 0 Å². The van der Waals surface area contributed by atoms with Gasteiger partial charge in [0.25, 0.3) is 5.91 Å². The van der Waals surface area contributed by atoms with Gasteiger partial charge >= 0.3 is 0 Å². The first-order chi connectivity index (χ1) is 12.7. The van der Waals surface area contributed by atoms with Gasteiger partial charge < -0.3 is 9.64 Å². The van der Waals surface area contributed by atoms with Crippen molar-refractivity contribution in [2.75, 3.05) is 31.2 Å². The lowest BCUT2D eigenvalue weighted by Gasteiger charge is -2.26. The molecule has 0 spiro atoms. The molecule has 26 heavy (non-hydrogen) atoms.